The number of aromatic carboxylic acids is 2. The molecule has 1 aromatic rings. The van der Waals surface area contributed by atoms with Gasteiger partial charge in [0.2, 0.25) is 0 Å². The van der Waals surface area contributed by atoms with Crippen LogP contribution in [0, 0.1) is 0 Å². The van der Waals surface area contributed by atoms with Gasteiger partial charge in [-0.25, -0.2) is 0 Å². The minimum absolute atomic E-state index is 0.00241. The standard InChI is InChI=1S/C8H5O4.Li/c9-7(10)5-2-1-3-6(4-5)8(11)12;/h2-4H,(H,9,10)(H,11,12);. The van der Waals surface area contributed by atoms with Crippen LogP contribution in [0.5, 0.6) is 0 Å². The summed E-state index contributed by atoms with van der Waals surface area (Å²) in [6.45, 7) is 0. The first-order chi connectivity index (χ1) is 6.00. The average Bonchev–Trinajstić information content (AvgIpc) is 2.03. The second-order valence-electron chi connectivity index (χ2n) is 2.70. The fourth-order valence-electron chi connectivity index (χ4n) is 1.03. The van der Waals surface area contributed by atoms with Crippen molar-refractivity contribution < 1.29 is 19.8 Å². The number of hydrogen-bond donors (Lipinski definition) is 2. The Balaban J connectivity index is 3.26. The maximum absolute atomic E-state index is 10.5. The van der Waals surface area contributed by atoms with Crippen molar-refractivity contribution in [1.29, 1.82) is 0 Å². The predicted octanol–water partition coefficient (Wildman–Crippen LogP) is -0.123. The van der Waals surface area contributed by atoms with E-state index < -0.39 is 11.9 Å². The Hall–Kier alpha value is -1.24. The second kappa shape index (κ2) is 3.65. The van der Waals surface area contributed by atoms with Gasteiger partial charge in [-0.05, 0) is 0 Å². The van der Waals surface area contributed by atoms with Gasteiger partial charge >= 0.3 is 83.0 Å². The second-order valence-corrected chi connectivity index (χ2v) is 2.70. The van der Waals surface area contributed by atoms with Crippen molar-refractivity contribution in [2.24, 2.45) is 0 Å². The van der Waals surface area contributed by atoms with E-state index in [-0.39, 0.29) is 11.1 Å². The van der Waals surface area contributed by atoms with Crippen LogP contribution in [0.2, 0.25) is 0 Å². The first kappa shape index (κ1) is 9.84. The van der Waals surface area contributed by atoms with E-state index in [1.165, 1.54) is 12.1 Å². The van der Waals surface area contributed by atoms with Crippen LogP contribution >= 0.6 is 0 Å². The van der Waals surface area contributed by atoms with Crippen molar-refractivity contribution in [1.82, 2.24) is 0 Å². The van der Waals surface area contributed by atoms with Gasteiger partial charge in [0.05, 0.1) is 0 Å². The van der Waals surface area contributed by atoms with E-state index in [2.05, 4.69) is 0 Å². The molecule has 0 heterocycles. The predicted molar refractivity (Wildman–Crippen MR) is 45.7 cm³/mol. The van der Waals surface area contributed by atoms with Crippen LogP contribution in [-0.4, -0.2) is 39.9 Å². The molecule has 0 fully saturated rings. The molecular weight excluding hydrogens is 167 g/mol. The molecule has 0 saturated heterocycles. The van der Waals surface area contributed by atoms with Gasteiger partial charge in [0.1, 0.15) is 0 Å². The molecule has 0 spiro atoms. The van der Waals surface area contributed by atoms with Gasteiger partial charge in [-0.2, -0.15) is 0 Å². The number of hydrogen-bond acceptors (Lipinski definition) is 2. The van der Waals surface area contributed by atoms with Crippen LogP contribution in [0.3, 0.4) is 0 Å². The molecular formula is C8H5LiO4. The molecule has 0 aliphatic heterocycles. The van der Waals surface area contributed by atoms with E-state index >= 15 is 0 Å². The van der Waals surface area contributed by atoms with E-state index in [9.17, 15) is 9.59 Å². The molecule has 62 valence electrons. The molecule has 0 amide bonds. The zero-order chi connectivity index (χ0) is 10.0. The molecule has 2 N–H and O–H groups in total. The Morgan fingerprint density at radius 2 is 1.38 bits per heavy atom. The first-order valence-electron chi connectivity index (χ1n) is 3.59. The quantitative estimate of drug-likeness (QED) is 0.609. The molecule has 1 rings (SSSR count). The topological polar surface area (TPSA) is 74.6 Å². The molecule has 5 heteroatoms. The maximum atomic E-state index is 10.5. The van der Waals surface area contributed by atoms with E-state index in [0.717, 1.165) is 6.07 Å². The van der Waals surface area contributed by atoms with Gasteiger partial charge < -0.3 is 0 Å². The Bertz CT molecular complexity index is 340. The summed E-state index contributed by atoms with van der Waals surface area (Å²) in [6.07, 6.45) is 0. The number of carboxylic acid groups (broad SMARTS) is 2. The van der Waals surface area contributed by atoms with E-state index in [0.29, 0.717) is 4.24 Å². The fourth-order valence-corrected chi connectivity index (χ4v) is 1.03. The van der Waals surface area contributed by atoms with Crippen molar-refractivity contribution in [2.75, 3.05) is 0 Å². The summed E-state index contributed by atoms with van der Waals surface area (Å²) in [5.74, 6) is -2.24. The molecule has 0 radical (unpaired) electrons. The summed E-state index contributed by atoms with van der Waals surface area (Å²) in [5, 5.41) is 17.2. The Labute approximate surface area is 83.4 Å². The summed E-state index contributed by atoms with van der Waals surface area (Å²) >= 11 is 1.65. The van der Waals surface area contributed by atoms with Crippen molar-refractivity contribution in [2.45, 2.75) is 0 Å². The van der Waals surface area contributed by atoms with Crippen LogP contribution in [0.4, 0.5) is 0 Å². The van der Waals surface area contributed by atoms with Crippen LogP contribution in [0.1, 0.15) is 20.7 Å². The van der Waals surface area contributed by atoms with Gasteiger partial charge in [-0.1, -0.05) is 0 Å². The molecule has 0 aromatic heterocycles. The van der Waals surface area contributed by atoms with Crippen molar-refractivity contribution >= 4 is 33.9 Å². The van der Waals surface area contributed by atoms with E-state index in [4.69, 9.17) is 10.2 Å². The molecule has 0 aliphatic rings. The summed E-state index contributed by atoms with van der Waals surface area (Å²) < 4.78 is 0.623. The van der Waals surface area contributed by atoms with Crippen molar-refractivity contribution in [3.05, 3.63) is 29.3 Å². The molecule has 4 nitrogen and oxygen atoms in total. The number of carbonyl (C=O) groups is 2. The zero-order valence-corrected chi connectivity index (χ0v) is 6.94. The fraction of sp³-hybridized carbons (Fsp3) is 0. The van der Waals surface area contributed by atoms with Crippen LogP contribution in [0.15, 0.2) is 18.2 Å². The van der Waals surface area contributed by atoms with Crippen LogP contribution in [-0.2, 0) is 0 Å². The van der Waals surface area contributed by atoms with Gasteiger partial charge in [0.25, 0.3) is 0 Å². The first-order valence-corrected chi connectivity index (χ1v) is 3.59. The minimum atomic E-state index is -1.12. The molecule has 13 heavy (non-hydrogen) atoms. The van der Waals surface area contributed by atoms with Crippen LogP contribution in [0.25, 0.3) is 0 Å². The third-order valence-corrected chi connectivity index (χ3v) is 1.57. The molecule has 0 atom stereocenters. The summed E-state index contributed by atoms with van der Waals surface area (Å²) in [5.41, 5.74) is -0.00481. The molecule has 1 aromatic carbocycles. The van der Waals surface area contributed by atoms with Gasteiger partial charge in [-0.3, -0.25) is 0 Å². The summed E-state index contributed by atoms with van der Waals surface area (Å²) in [6, 6.07) is 3.99. The summed E-state index contributed by atoms with van der Waals surface area (Å²) in [7, 11) is 0. The van der Waals surface area contributed by atoms with E-state index in [1.807, 2.05) is 0 Å². The monoisotopic (exact) mass is 172 g/mol. The SMILES string of the molecule is [Li][c]1cc(C(=O)O)cc(C(=O)O)c1. The number of benzene rings is 1. The molecule has 0 saturated carbocycles. The third-order valence-electron chi connectivity index (χ3n) is 1.57. The van der Waals surface area contributed by atoms with Gasteiger partial charge in [0.15, 0.2) is 0 Å². The Morgan fingerprint density at radius 1 is 1.00 bits per heavy atom. The molecule has 0 unspecified atom stereocenters. The molecule has 0 bridgehead atoms. The normalized spacial score (nSPS) is 9.69. The van der Waals surface area contributed by atoms with Gasteiger partial charge in [0, 0.05) is 0 Å². The van der Waals surface area contributed by atoms with Crippen LogP contribution < -0.4 is 4.24 Å². The number of carboxylic acids is 2. The van der Waals surface area contributed by atoms with Crippen molar-refractivity contribution in [3.8, 4) is 0 Å². The number of rotatable bonds is 2. The Morgan fingerprint density at radius 3 is 1.69 bits per heavy atom. The van der Waals surface area contributed by atoms with E-state index in [1.54, 1.807) is 17.7 Å². The summed E-state index contributed by atoms with van der Waals surface area (Å²) in [4.78, 5) is 21.1. The zero-order valence-electron chi connectivity index (χ0n) is 6.94. The third kappa shape index (κ3) is 2.34. The molecule has 0 aliphatic carbocycles. The average molecular weight is 172 g/mol. The van der Waals surface area contributed by atoms with Crippen molar-refractivity contribution in [3.63, 3.8) is 0 Å². The van der Waals surface area contributed by atoms with Gasteiger partial charge in [-0.15, -0.1) is 0 Å². The Kier molecular flexibility index (Phi) is 2.76.